The molecule has 6 heteroatoms. The van der Waals surface area contributed by atoms with E-state index in [1.807, 2.05) is 0 Å². The number of methoxy groups -OCH3 is 1. The maximum absolute atomic E-state index is 5.43. The monoisotopic (exact) mass is 243 g/mol. The fourth-order valence-corrected chi connectivity index (χ4v) is 1.29. The van der Waals surface area contributed by atoms with Gasteiger partial charge >= 0.3 is 0 Å². The molecule has 0 spiro atoms. The van der Waals surface area contributed by atoms with Gasteiger partial charge in [0.25, 0.3) is 0 Å². The van der Waals surface area contributed by atoms with E-state index in [9.17, 15) is 0 Å². The minimum Gasteiger partial charge on any atom is -0.423 e. The molecule has 0 unspecified atom stereocenters. The summed E-state index contributed by atoms with van der Waals surface area (Å²) in [5.41, 5.74) is 0. The van der Waals surface area contributed by atoms with Crippen molar-refractivity contribution in [2.75, 3.05) is 33.4 Å². The molecule has 0 aliphatic heterocycles. The largest absolute Gasteiger partial charge is 0.423 e. The number of rotatable bonds is 10. The minimum atomic E-state index is 0.351. The SMILES string of the molecule is CCNCCCc1nnc(COCCOC)o1. The van der Waals surface area contributed by atoms with E-state index < -0.39 is 0 Å². The van der Waals surface area contributed by atoms with Crippen molar-refractivity contribution in [3.63, 3.8) is 0 Å². The van der Waals surface area contributed by atoms with Crippen LogP contribution in [-0.2, 0) is 22.5 Å². The van der Waals surface area contributed by atoms with E-state index in [0.29, 0.717) is 31.6 Å². The van der Waals surface area contributed by atoms with Crippen LogP contribution in [0.2, 0.25) is 0 Å². The first-order valence-corrected chi connectivity index (χ1v) is 5.95. The lowest BCUT2D eigenvalue weighted by Crippen LogP contribution is -2.14. The topological polar surface area (TPSA) is 69.4 Å². The average Bonchev–Trinajstić information content (AvgIpc) is 2.78. The van der Waals surface area contributed by atoms with E-state index in [1.165, 1.54) is 0 Å². The maximum atomic E-state index is 5.43. The molecule has 1 N–H and O–H groups in total. The minimum absolute atomic E-state index is 0.351. The highest BCUT2D eigenvalue weighted by atomic mass is 16.5. The molecule has 0 radical (unpaired) electrons. The molecule has 98 valence electrons. The Kier molecular flexibility index (Phi) is 7.53. The number of nitrogens with one attached hydrogen (secondary N) is 1. The van der Waals surface area contributed by atoms with Crippen LogP contribution in [0.15, 0.2) is 4.42 Å². The summed E-state index contributed by atoms with van der Waals surface area (Å²) in [5, 5.41) is 11.1. The normalized spacial score (nSPS) is 10.9. The number of aryl methyl sites for hydroxylation is 1. The van der Waals surface area contributed by atoms with Crippen molar-refractivity contribution in [1.82, 2.24) is 15.5 Å². The van der Waals surface area contributed by atoms with Gasteiger partial charge in [-0.1, -0.05) is 6.92 Å². The highest BCUT2D eigenvalue weighted by Crippen LogP contribution is 2.03. The van der Waals surface area contributed by atoms with E-state index in [4.69, 9.17) is 13.9 Å². The van der Waals surface area contributed by atoms with Crippen molar-refractivity contribution in [3.8, 4) is 0 Å². The van der Waals surface area contributed by atoms with E-state index in [2.05, 4.69) is 22.4 Å². The van der Waals surface area contributed by atoms with Crippen LogP contribution < -0.4 is 5.32 Å². The molecule has 0 saturated heterocycles. The number of nitrogens with zero attached hydrogens (tertiary/aromatic N) is 2. The predicted octanol–water partition coefficient (Wildman–Crippen LogP) is 0.775. The molecule has 1 aromatic rings. The molecular formula is C11H21N3O3. The fraction of sp³-hybridized carbons (Fsp3) is 0.818. The smallest absolute Gasteiger partial charge is 0.242 e. The number of hydrogen-bond donors (Lipinski definition) is 1. The third-order valence-electron chi connectivity index (χ3n) is 2.16. The maximum Gasteiger partial charge on any atom is 0.242 e. The number of ether oxygens (including phenoxy) is 2. The second kappa shape index (κ2) is 9.09. The van der Waals surface area contributed by atoms with Crippen molar-refractivity contribution in [2.24, 2.45) is 0 Å². The van der Waals surface area contributed by atoms with Crippen molar-refractivity contribution in [1.29, 1.82) is 0 Å². The lowest BCUT2D eigenvalue weighted by molar-refractivity contribution is 0.0513. The Morgan fingerprint density at radius 2 is 2.06 bits per heavy atom. The quantitative estimate of drug-likeness (QED) is 0.612. The first-order chi connectivity index (χ1) is 8.36. The van der Waals surface area contributed by atoms with Crippen molar-refractivity contribution in [2.45, 2.75) is 26.4 Å². The molecular weight excluding hydrogens is 222 g/mol. The second-order valence-electron chi connectivity index (χ2n) is 3.59. The molecule has 1 heterocycles. The number of aromatic nitrogens is 2. The van der Waals surface area contributed by atoms with Gasteiger partial charge in [0.1, 0.15) is 6.61 Å². The zero-order valence-electron chi connectivity index (χ0n) is 10.6. The molecule has 1 rings (SSSR count). The summed E-state index contributed by atoms with van der Waals surface area (Å²) in [4.78, 5) is 0. The standard InChI is InChI=1S/C11H21N3O3/c1-3-12-6-4-5-10-13-14-11(17-10)9-16-8-7-15-2/h12H,3-9H2,1-2H3. The Morgan fingerprint density at radius 3 is 2.82 bits per heavy atom. The van der Waals surface area contributed by atoms with Gasteiger partial charge in [-0.25, -0.2) is 0 Å². The van der Waals surface area contributed by atoms with Crippen LogP contribution >= 0.6 is 0 Å². The van der Waals surface area contributed by atoms with Gasteiger partial charge in [0.2, 0.25) is 11.8 Å². The lowest BCUT2D eigenvalue weighted by Gasteiger charge is -1.99. The summed E-state index contributed by atoms with van der Waals surface area (Å²) in [6.45, 7) is 5.50. The van der Waals surface area contributed by atoms with Crippen LogP contribution in [0.25, 0.3) is 0 Å². The zero-order valence-corrected chi connectivity index (χ0v) is 10.6. The average molecular weight is 243 g/mol. The summed E-state index contributed by atoms with van der Waals surface area (Å²) in [5.74, 6) is 1.20. The molecule has 0 aromatic carbocycles. The van der Waals surface area contributed by atoms with Crippen LogP contribution in [0.5, 0.6) is 0 Å². The molecule has 0 aliphatic rings. The fourth-order valence-electron chi connectivity index (χ4n) is 1.29. The highest BCUT2D eigenvalue weighted by molar-refractivity contribution is 4.80. The molecule has 17 heavy (non-hydrogen) atoms. The Bertz CT molecular complexity index is 265. The van der Waals surface area contributed by atoms with Gasteiger partial charge in [-0.05, 0) is 19.5 Å². The van der Waals surface area contributed by atoms with Gasteiger partial charge < -0.3 is 19.2 Å². The third-order valence-corrected chi connectivity index (χ3v) is 2.16. The Morgan fingerprint density at radius 1 is 1.24 bits per heavy atom. The summed E-state index contributed by atoms with van der Waals surface area (Å²) in [6.07, 6.45) is 1.80. The van der Waals surface area contributed by atoms with Crippen molar-refractivity contribution < 1.29 is 13.9 Å². The molecule has 0 saturated carbocycles. The van der Waals surface area contributed by atoms with Crippen LogP contribution in [0.1, 0.15) is 25.1 Å². The van der Waals surface area contributed by atoms with Crippen molar-refractivity contribution in [3.05, 3.63) is 11.8 Å². The van der Waals surface area contributed by atoms with E-state index >= 15 is 0 Å². The van der Waals surface area contributed by atoms with Crippen LogP contribution in [-0.4, -0.2) is 43.6 Å². The summed E-state index contributed by atoms with van der Waals surface area (Å²) < 4.78 is 15.6. The summed E-state index contributed by atoms with van der Waals surface area (Å²) in [7, 11) is 1.64. The zero-order chi connectivity index (χ0) is 12.3. The van der Waals surface area contributed by atoms with Gasteiger partial charge in [-0.15, -0.1) is 10.2 Å². The van der Waals surface area contributed by atoms with E-state index in [-0.39, 0.29) is 0 Å². The Balaban J connectivity index is 2.14. The highest BCUT2D eigenvalue weighted by Gasteiger charge is 2.05. The molecule has 6 nitrogen and oxygen atoms in total. The number of hydrogen-bond acceptors (Lipinski definition) is 6. The molecule has 1 aromatic heterocycles. The van der Waals surface area contributed by atoms with Gasteiger partial charge in [-0.2, -0.15) is 0 Å². The first-order valence-electron chi connectivity index (χ1n) is 5.95. The third kappa shape index (κ3) is 6.35. The van der Waals surface area contributed by atoms with Gasteiger partial charge in [0.05, 0.1) is 13.2 Å². The second-order valence-corrected chi connectivity index (χ2v) is 3.59. The molecule has 0 fully saturated rings. The Hall–Kier alpha value is -0.980. The Labute approximate surface area is 102 Å². The predicted molar refractivity (Wildman–Crippen MR) is 62.7 cm³/mol. The van der Waals surface area contributed by atoms with E-state index in [1.54, 1.807) is 7.11 Å². The molecule has 0 amide bonds. The van der Waals surface area contributed by atoms with E-state index in [0.717, 1.165) is 25.9 Å². The summed E-state index contributed by atoms with van der Waals surface area (Å²) >= 11 is 0. The van der Waals surface area contributed by atoms with Crippen LogP contribution in [0.3, 0.4) is 0 Å². The van der Waals surface area contributed by atoms with Gasteiger partial charge in [-0.3, -0.25) is 0 Å². The van der Waals surface area contributed by atoms with Crippen LogP contribution in [0, 0.1) is 0 Å². The lowest BCUT2D eigenvalue weighted by atomic mass is 10.3. The molecule has 0 bridgehead atoms. The van der Waals surface area contributed by atoms with Crippen molar-refractivity contribution >= 4 is 0 Å². The van der Waals surface area contributed by atoms with Gasteiger partial charge in [0, 0.05) is 13.5 Å². The summed E-state index contributed by atoms with van der Waals surface area (Å²) in [6, 6.07) is 0. The first kappa shape index (κ1) is 14.1. The molecule has 0 aliphatic carbocycles. The molecule has 0 atom stereocenters. The van der Waals surface area contributed by atoms with Gasteiger partial charge in [0.15, 0.2) is 0 Å². The van der Waals surface area contributed by atoms with Crippen LogP contribution in [0.4, 0.5) is 0 Å².